The minimum absolute atomic E-state index is 0.0356. The van der Waals surface area contributed by atoms with E-state index in [9.17, 15) is 23.5 Å². The van der Waals surface area contributed by atoms with Crippen LogP contribution in [0, 0.1) is 16.7 Å². The highest BCUT2D eigenvalue weighted by Gasteiger charge is 2.69. The minimum Gasteiger partial charge on any atom is -0.306 e. The number of aldehydes is 1. The third kappa shape index (κ3) is 3.12. The number of hydrogen-bond donors (Lipinski definition) is 2. The molecule has 0 spiro atoms. The van der Waals surface area contributed by atoms with E-state index in [2.05, 4.69) is 0 Å². The topological polar surface area (TPSA) is 104 Å². The molecule has 8 heteroatoms. The number of Topliss-reactive ketones (excluding diaryl/α,β-unsaturated/α-hetero) is 1. The number of hydrogen-bond acceptors (Lipinski definition) is 6. The highest BCUT2D eigenvalue weighted by molar-refractivity contribution is 8.20. The van der Waals surface area contributed by atoms with Crippen LogP contribution in [-0.2, 0) is 9.08 Å². The van der Waals surface area contributed by atoms with Gasteiger partial charge in [0.05, 0.1) is 16.2 Å². The molecular formula is C24H29NO6S. The lowest BCUT2D eigenvalue weighted by Gasteiger charge is -2.47. The minimum atomic E-state index is -3.80. The van der Waals surface area contributed by atoms with Crippen molar-refractivity contribution in [2.75, 3.05) is 7.05 Å². The molecule has 0 aliphatic heterocycles. The van der Waals surface area contributed by atoms with Crippen LogP contribution in [0.3, 0.4) is 0 Å². The normalized spacial score (nSPS) is 25.7. The first-order chi connectivity index (χ1) is 15.0. The van der Waals surface area contributed by atoms with Gasteiger partial charge in [-0.1, -0.05) is 44.2 Å². The molecule has 1 amide bonds. The molecule has 32 heavy (non-hydrogen) atoms. The van der Waals surface area contributed by atoms with Crippen molar-refractivity contribution in [1.82, 2.24) is 5.06 Å². The Balaban J connectivity index is 1.64. The molecule has 0 radical (unpaired) electrons. The summed E-state index contributed by atoms with van der Waals surface area (Å²) < 4.78 is 27.5. The molecule has 2 aromatic rings. The fourth-order valence-electron chi connectivity index (χ4n) is 6.01. The van der Waals surface area contributed by atoms with E-state index in [-0.39, 0.29) is 22.7 Å². The molecule has 2 aromatic carbocycles. The van der Waals surface area contributed by atoms with Crippen LogP contribution in [-0.4, -0.2) is 44.4 Å². The Hall–Kier alpha value is -2.26. The van der Waals surface area contributed by atoms with Crippen molar-refractivity contribution in [3.63, 3.8) is 0 Å². The Morgan fingerprint density at radius 3 is 2.47 bits per heavy atom. The van der Waals surface area contributed by atoms with E-state index in [1.165, 1.54) is 7.05 Å². The molecule has 0 aromatic heterocycles. The summed E-state index contributed by atoms with van der Waals surface area (Å²) in [4.78, 5) is 37.7. The fourth-order valence-corrected chi connectivity index (χ4v) is 7.61. The van der Waals surface area contributed by atoms with Crippen LogP contribution in [0.4, 0.5) is 0 Å². The molecule has 2 fully saturated rings. The van der Waals surface area contributed by atoms with Crippen molar-refractivity contribution >= 4 is 39.6 Å². The van der Waals surface area contributed by atoms with E-state index in [0.29, 0.717) is 35.5 Å². The van der Waals surface area contributed by atoms with Gasteiger partial charge in [0.1, 0.15) is 16.7 Å². The second-order valence-corrected chi connectivity index (χ2v) is 11.4. The van der Waals surface area contributed by atoms with E-state index < -0.39 is 27.4 Å². The van der Waals surface area contributed by atoms with Gasteiger partial charge in [-0.3, -0.25) is 14.4 Å². The van der Waals surface area contributed by atoms with Gasteiger partial charge in [0.25, 0.3) is 5.91 Å². The molecule has 4 rings (SSSR count). The maximum absolute atomic E-state index is 13.2. The van der Waals surface area contributed by atoms with Gasteiger partial charge < -0.3 is 9.11 Å². The van der Waals surface area contributed by atoms with Gasteiger partial charge in [-0.25, -0.2) is 5.06 Å². The number of nitrogens with zero attached hydrogens (tertiary/aromatic N) is 1. The van der Waals surface area contributed by atoms with Crippen LogP contribution in [0.2, 0.25) is 0 Å². The Kier molecular flexibility index (Phi) is 5.48. The first kappa shape index (κ1) is 22.9. The first-order valence-corrected chi connectivity index (χ1v) is 12.3. The zero-order valence-corrected chi connectivity index (χ0v) is 19.5. The Morgan fingerprint density at radius 2 is 1.91 bits per heavy atom. The van der Waals surface area contributed by atoms with Crippen LogP contribution < -0.4 is 0 Å². The summed E-state index contributed by atoms with van der Waals surface area (Å²) in [5.41, 5.74) is -0.709. The average molecular weight is 460 g/mol. The van der Waals surface area contributed by atoms with Gasteiger partial charge in [-0.2, -0.15) is 4.28 Å². The van der Waals surface area contributed by atoms with E-state index in [0.717, 1.165) is 11.5 Å². The zero-order valence-electron chi connectivity index (χ0n) is 18.7. The number of benzene rings is 2. The molecule has 2 bridgehead atoms. The molecule has 2 N–H and O–H groups in total. The summed E-state index contributed by atoms with van der Waals surface area (Å²) in [7, 11) is -2.49. The highest BCUT2D eigenvalue weighted by atomic mass is 32.3. The summed E-state index contributed by atoms with van der Waals surface area (Å²) in [6.07, 6.45) is 2.55. The predicted octanol–water partition coefficient (Wildman–Crippen LogP) is 5.11. The van der Waals surface area contributed by atoms with Crippen LogP contribution in [0.15, 0.2) is 36.4 Å². The summed E-state index contributed by atoms with van der Waals surface area (Å²) >= 11 is 0. The molecule has 2 saturated carbocycles. The van der Waals surface area contributed by atoms with Crippen molar-refractivity contribution in [2.45, 2.75) is 45.3 Å². The monoisotopic (exact) mass is 459 g/mol. The number of carbonyl (C=O) groups excluding carboxylic acids is 3. The van der Waals surface area contributed by atoms with Gasteiger partial charge in [0.2, 0.25) is 0 Å². The molecule has 2 aliphatic carbocycles. The van der Waals surface area contributed by atoms with Crippen LogP contribution >= 0.6 is 10.9 Å². The van der Waals surface area contributed by atoms with Gasteiger partial charge in [-0.15, -0.1) is 0 Å². The quantitative estimate of drug-likeness (QED) is 0.460. The average Bonchev–Trinajstić information content (AvgIpc) is 3.12. The number of fused-ring (bicyclic) bond motifs is 3. The molecule has 7 nitrogen and oxygen atoms in total. The fraction of sp³-hybridized carbons (Fsp3) is 0.458. The third-order valence-corrected chi connectivity index (χ3v) is 9.71. The lowest BCUT2D eigenvalue weighted by molar-refractivity contribution is -0.130. The van der Waals surface area contributed by atoms with E-state index in [1.807, 2.05) is 13.8 Å². The van der Waals surface area contributed by atoms with E-state index >= 15 is 0 Å². The van der Waals surface area contributed by atoms with E-state index in [4.69, 9.17) is 4.28 Å². The Morgan fingerprint density at radius 1 is 1.25 bits per heavy atom. The number of ketones is 1. The molecule has 0 heterocycles. The summed E-state index contributed by atoms with van der Waals surface area (Å²) in [5.74, 6) is -0.367. The maximum atomic E-state index is 13.2. The molecule has 2 aliphatic rings. The van der Waals surface area contributed by atoms with Crippen molar-refractivity contribution in [3.8, 4) is 0 Å². The molecule has 3 atom stereocenters. The zero-order chi connectivity index (χ0) is 23.5. The van der Waals surface area contributed by atoms with Crippen LogP contribution in [0.5, 0.6) is 0 Å². The number of carbonyl (C=O) groups is 3. The maximum Gasteiger partial charge on any atom is 0.278 e. The lowest BCUT2D eigenvalue weighted by Crippen LogP contribution is -2.48. The van der Waals surface area contributed by atoms with E-state index in [1.54, 1.807) is 43.3 Å². The number of amides is 1. The Labute approximate surface area is 189 Å². The predicted molar refractivity (Wildman–Crippen MR) is 123 cm³/mol. The van der Waals surface area contributed by atoms with Gasteiger partial charge in [0, 0.05) is 24.4 Å². The van der Waals surface area contributed by atoms with Crippen molar-refractivity contribution in [3.05, 3.63) is 47.5 Å². The number of hydroxylamine groups is 2. The second kappa shape index (κ2) is 7.66. The van der Waals surface area contributed by atoms with Crippen molar-refractivity contribution in [1.29, 1.82) is 0 Å². The molecule has 0 saturated heterocycles. The van der Waals surface area contributed by atoms with Crippen LogP contribution in [0.1, 0.15) is 60.7 Å². The third-order valence-electron chi connectivity index (χ3n) is 7.94. The summed E-state index contributed by atoms with van der Waals surface area (Å²) in [6.45, 7) is 5.64. The SMILES string of the molecule is CC(C12CCC(CC1=O)C2(C)C)S(O)(O)ON(C)C(=O)c1cccc2cccc(C=O)c12. The smallest absolute Gasteiger partial charge is 0.278 e. The van der Waals surface area contributed by atoms with Crippen LogP contribution in [0.25, 0.3) is 10.8 Å². The lowest BCUT2D eigenvalue weighted by atomic mass is 9.67. The Bertz CT molecular complexity index is 1110. The largest absolute Gasteiger partial charge is 0.306 e. The van der Waals surface area contributed by atoms with Crippen molar-refractivity contribution in [2.24, 2.45) is 16.7 Å². The van der Waals surface area contributed by atoms with Crippen molar-refractivity contribution < 1.29 is 27.8 Å². The van der Waals surface area contributed by atoms with Gasteiger partial charge >= 0.3 is 0 Å². The molecule has 3 unspecified atom stereocenters. The highest BCUT2D eigenvalue weighted by Crippen LogP contribution is 2.71. The molecule has 172 valence electrons. The standard InChI is InChI=1S/C24H29NO6S/c1-15(24-12-11-18(13-20(24)27)23(24,2)3)32(29,30)31-25(4)22(28)19-10-6-8-16-7-5-9-17(14-26)21(16)19/h5-10,14-15,18,29-30H,11-13H2,1-4H3. The summed E-state index contributed by atoms with van der Waals surface area (Å²) in [6, 6.07) is 10.2. The first-order valence-electron chi connectivity index (χ1n) is 10.7. The van der Waals surface area contributed by atoms with Gasteiger partial charge in [0.15, 0.2) is 6.29 Å². The number of rotatable bonds is 6. The molecular weight excluding hydrogens is 430 g/mol. The van der Waals surface area contributed by atoms with Gasteiger partial charge in [-0.05, 0) is 42.6 Å². The summed E-state index contributed by atoms with van der Waals surface area (Å²) in [5, 5.41) is 1.11. The second-order valence-electron chi connectivity index (χ2n) is 9.48.